The SMILES string of the molecule is [B+2]c1ccc(C(F)(F)F)cc1C(F)(F)F.[OH-].[OH-]. The number of hydrogen-bond donors (Lipinski definition) is 0. The van der Waals surface area contributed by atoms with Crippen molar-refractivity contribution in [1.29, 1.82) is 0 Å². The molecule has 0 aliphatic heterocycles. The number of halogens is 6. The molecule has 0 saturated carbocycles. The van der Waals surface area contributed by atoms with Crippen molar-refractivity contribution < 1.29 is 37.3 Å². The Morgan fingerprint density at radius 2 is 1.29 bits per heavy atom. The van der Waals surface area contributed by atoms with E-state index in [9.17, 15) is 26.3 Å². The summed E-state index contributed by atoms with van der Waals surface area (Å²) in [6.07, 6.45) is -9.70. The van der Waals surface area contributed by atoms with E-state index in [4.69, 9.17) is 7.85 Å². The quantitative estimate of drug-likeness (QED) is 0.528. The van der Waals surface area contributed by atoms with Crippen LogP contribution in [0.2, 0.25) is 0 Å². The first kappa shape index (κ1) is 18.2. The molecule has 0 saturated heterocycles. The summed E-state index contributed by atoms with van der Waals surface area (Å²) in [6.45, 7) is 0. The third-order valence-electron chi connectivity index (χ3n) is 1.69. The normalized spacial score (nSPS) is 11.5. The Morgan fingerprint density at radius 3 is 1.65 bits per heavy atom. The summed E-state index contributed by atoms with van der Waals surface area (Å²) >= 11 is 0. The van der Waals surface area contributed by atoms with E-state index in [-0.39, 0.29) is 17.0 Å². The Balaban J connectivity index is 0. The van der Waals surface area contributed by atoms with Crippen molar-refractivity contribution in [3.05, 3.63) is 29.3 Å². The zero-order valence-electron chi connectivity index (χ0n) is 7.97. The van der Waals surface area contributed by atoms with E-state index in [1.165, 1.54) is 0 Å². The van der Waals surface area contributed by atoms with E-state index in [1.54, 1.807) is 0 Å². The third-order valence-corrected chi connectivity index (χ3v) is 1.69. The van der Waals surface area contributed by atoms with Crippen molar-refractivity contribution in [2.24, 2.45) is 0 Å². The predicted molar refractivity (Wildman–Crippen MR) is 45.7 cm³/mol. The van der Waals surface area contributed by atoms with Gasteiger partial charge >= 0.3 is 81.3 Å². The van der Waals surface area contributed by atoms with Crippen LogP contribution < -0.4 is 5.46 Å². The maximum absolute atomic E-state index is 12.2. The third kappa shape index (κ3) is 4.27. The van der Waals surface area contributed by atoms with Crippen molar-refractivity contribution in [3.63, 3.8) is 0 Å². The van der Waals surface area contributed by atoms with Gasteiger partial charge in [0.05, 0.1) is 0 Å². The van der Waals surface area contributed by atoms with Gasteiger partial charge in [0.1, 0.15) is 0 Å². The summed E-state index contributed by atoms with van der Waals surface area (Å²) < 4.78 is 72.7. The van der Waals surface area contributed by atoms with Crippen LogP contribution in [0, 0.1) is 0 Å². The van der Waals surface area contributed by atoms with Crippen LogP contribution in [-0.2, 0) is 12.4 Å². The Morgan fingerprint density at radius 1 is 0.824 bits per heavy atom. The monoisotopic (exact) mass is 258 g/mol. The van der Waals surface area contributed by atoms with Crippen LogP contribution in [0.1, 0.15) is 11.1 Å². The molecule has 0 bridgehead atoms. The Kier molecular flexibility index (Phi) is 5.78. The van der Waals surface area contributed by atoms with Gasteiger partial charge in [0, 0.05) is 0 Å². The molecule has 0 fully saturated rings. The first-order chi connectivity index (χ1) is 6.62. The van der Waals surface area contributed by atoms with Gasteiger partial charge in [-0.2, -0.15) is 0 Å². The van der Waals surface area contributed by atoms with Gasteiger partial charge in [-0.1, -0.05) is 0 Å². The maximum Gasteiger partial charge on any atom is -0.870 e. The molecule has 17 heavy (non-hydrogen) atoms. The maximum atomic E-state index is 12.2. The van der Waals surface area contributed by atoms with E-state index < -0.39 is 28.9 Å². The average Bonchev–Trinajstić information content (AvgIpc) is 2.00. The standard InChI is InChI=1S/C8H3BF6.2H2O/c9-6-2-1-4(7(10,11)12)3-5(6)8(13,14)15;;/h1-3H;2*1H2/q+2;;/p-2. The minimum Gasteiger partial charge on any atom is -0.870 e. The van der Waals surface area contributed by atoms with E-state index in [0.29, 0.717) is 12.1 Å². The average molecular weight is 258 g/mol. The Labute approximate surface area is 93.3 Å². The van der Waals surface area contributed by atoms with Gasteiger partial charge in [-0.25, -0.2) is 0 Å². The summed E-state index contributed by atoms with van der Waals surface area (Å²) in [5.41, 5.74) is -3.57. The molecular formula is C8H5BF6O2. The summed E-state index contributed by atoms with van der Waals surface area (Å²) in [6, 6.07) is 1.09. The number of hydrogen-bond acceptors (Lipinski definition) is 2. The van der Waals surface area contributed by atoms with Gasteiger partial charge in [0.15, 0.2) is 0 Å². The Bertz CT molecular complexity index is 373. The second-order valence-corrected chi connectivity index (χ2v) is 2.80. The van der Waals surface area contributed by atoms with Crippen LogP contribution in [0.3, 0.4) is 0 Å². The second kappa shape index (κ2) is 5.41. The summed E-state index contributed by atoms with van der Waals surface area (Å²) in [5, 5.41) is 0. The van der Waals surface area contributed by atoms with Gasteiger partial charge in [-0.15, -0.1) is 0 Å². The second-order valence-electron chi connectivity index (χ2n) is 2.80. The fourth-order valence-corrected chi connectivity index (χ4v) is 0.978. The van der Waals surface area contributed by atoms with Crippen molar-refractivity contribution in [2.45, 2.75) is 12.4 Å². The van der Waals surface area contributed by atoms with E-state index in [2.05, 4.69) is 0 Å². The molecule has 0 aromatic heterocycles. The van der Waals surface area contributed by atoms with Crippen LogP contribution >= 0.6 is 0 Å². The first-order valence-electron chi connectivity index (χ1n) is 3.66. The van der Waals surface area contributed by atoms with E-state index in [0.717, 1.165) is 0 Å². The van der Waals surface area contributed by atoms with E-state index in [1.807, 2.05) is 0 Å². The van der Waals surface area contributed by atoms with Gasteiger partial charge in [0.2, 0.25) is 0 Å². The summed E-state index contributed by atoms with van der Waals surface area (Å²) in [4.78, 5) is 0. The molecule has 94 valence electrons. The van der Waals surface area contributed by atoms with Crippen LogP contribution in [0.5, 0.6) is 0 Å². The van der Waals surface area contributed by atoms with Crippen LogP contribution in [-0.4, -0.2) is 18.8 Å². The fourth-order valence-electron chi connectivity index (χ4n) is 0.978. The van der Waals surface area contributed by atoms with Gasteiger partial charge in [-0.3, -0.25) is 0 Å². The summed E-state index contributed by atoms with van der Waals surface area (Å²) in [7, 11) is 4.93. The van der Waals surface area contributed by atoms with Crippen LogP contribution in [0.4, 0.5) is 26.3 Å². The zero-order valence-corrected chi connectivity index (χ0v) is 7.97. The molecule has 1 aromatic carbocycles. The number of alkyl halides is 6. The zero-order chi connectivity index (χ0) is 11.9. The van der Waals surface area contributed by atoms with Gasteiger partial charge in [-0.05, 0) is 0 Å². The molecule has 0 atom stereocenters. The van der Waals surface area contributed by atoms with Crippen molar-refractivity contribution in [3.8, 4) is 0 Å². The molecule has 2 nitrogen and oxygen atoms in total. The summed E-state index contributed by atoms with van der Waals surface area (Å²) in [5.74, 6) is 0. The molecule has 1 aromatic rings. The van der Waals surface area contributed by atoms with Crippen molar-refractivity contribution in [2.75, 3.05) is 0 Å². The minimum atomic E-state index is -4.88. The Hall–Kier alpha value is -1.22. The molecule has 0 aliphatic rings. The molecule has 0 radical (unpaired) electrons. The largest absolute Gasteiger partial charge is 0.870 e. The molecule has 1 rings (SSSR count). The molecule has 0 aliphatic carbocycles. The molecule has 2 N–H and O–H groups in total. The predicted octanol–water partition coefficient (Wildman–Crippen LogP) is 2.16. The van der Waals surface area contributed by atoms with Crippen LogP contribution in [0.15, 0.2) is 18.2 Å². The van der Waals surface area contributed by atoms with Crippen molar-refractivity contribution in [1.82, 2.24) is 0 Å². The van der Waals surface area contributed by atoms with E-state index >= 15 is 0 Å². The van der Waals surface area contributed by atoms with Gasteiger partial charge in [0.25, 0.3) is 0 Å². The molecule has 0 unspecified atom stereocenters. The molecular weight excluding hydrogens is 253 g/mol. The molecule has 0 spiro atoms. The number of rotatable bonds is 0. The fraction of sp³-hybridized carbons (Fsp3) is 0.250. The smallest absolute Gasteiger partial charge is 0.870 e. The number of benzene rings is 1. The van der Waals surface area contributed by atoms with Gasteiger partial charge < -0.3 is 11.0 Å². The topological polar surface area (TPSA) is 60.0 Å². The molecule has 0 amide bonds. The van der Waals surface area contributed by atoms with Crippen LogP contribution in [0.25, 0.3) is 0 Å². The minimum absolute atomic E-state index is 0. The molecule has 9 heteroatoms. The van der Waals surface area contributed by atoms with Crippen molar-refractivity contribution >= 4 is 13.3 Å². The first-order valence-corrected chi connectivity index (χ1v) is 3.66. The molecule has 0 heterocycles.